The molecule has 0 atom stereocenters. The SMILES string of the molecule is O=C(O)c1cc(-c2ccc(Br)o2)on1. The Morgan fingerprint density at radius 2 is 2.21 bits per heavy atom. The summed E-state index contributed by atoms with van der Waals surface area (Å²) >= 11 is 3.12. The summed E-state index contributed by atoms with van der Waals surface area (Å²) < 4.78 is 10.5. The molecular formula is C8H4BrNO4. The number of rotatable bonds is 2. The molecule has 6 heteroatoms. The number of hydrogen-bond acceptors (Lipinski definition) is 4. The number of nitrogens with zero attached hydrogens (tertiary/aromatic N) is 1. The van der Waals surface area contributed by atoms with E-state index in [9.17, 15) is 4.79 Å². The van der Waals surface area contributed by atoms with Gasteiger partial charge in [0.1, 0.15) is 0 Å². The molecule has 2 aromatic rings. The van der Waals surface area contributed by atoms with Gasteiger partial charge in [-0.25, -0.2) is 4.79 Å². The predicted molar refractivity (Wildman–Crippen MR) is 48.9 cm³/mol. The average Bonchev–Trinajstić information content (AvgIpc) is 2.70. The van der Waals surface area contributed by atoms with Gasteiger partial charge in [0.2, 0.25) is 5.76 Å². The maximum Gasteiger partial charge on any atom is 0.358 e. The third-order valence-corrected chi connectivity index (χ3v) is 1.97. The first-order valence-corrected chi connectivity index (χ1v) is 4.42. The van der Waals surface area contributed by atoms with Gasteiger partial charge in [0.25, 0.3) is 0 Å². The normalized spacial score (nSPS) is 10.4. The van der Waals surface area contributed by atoms with Gasteiger partial charge in [-0.2, -0.15) is 0 Å². The molecule has 0 amide bonds. The predicted octanol–water partition coefficient (Wildman–Crippen LogP) is 2.40. The fourth-order valence-corrected chi connectivity index (χ4v) is 1.25. The van der Waals surface area contributed by atoms with Crippen LogP contribution in [0.3, 0.4) is 0 Å². The van der Waals surface area contributed by atoms with E-state index < -0.39 is 5.97 Å². The third-order valence-electron chi connectivity index (χ3n) is 1.55. The molecule has 5 nitrogen and oxygen atoms in total. The molecule has 0 fully saturated rings. The zero-order valence-corrected chi connectivity index (χ0v) is 8.32. The van der Waals surface area contributed by atoms with Gasteiger partial charge in [-0.05, 0) is 28.1 Å². The maximum atomic E-state index is 10.5. The molecular weight excluding hydrogens is 254 g/mol. The highest BCUT2D eigenvalue weighted by molar-refractivity contribution is 9.10. The second-order valence-electron chi connectivity index (χ2n) is 2.49. The number of carbonyl (C=O) groups is 1. The van der Waals surface area contributed by atoms with Gasteiger partial charge in [0, 0.05) is 6.07 Å². The van der Waals surface area contributed by atoms with Gasteiger partial charge >= 0.3 is 5.97 Å². The van der Waals surface area contributed by atoms with Crippen molar-refractivity contribution in [2.75, 3.05) is 0 Å². The lowest BCUT2D eigenvalue weighted by Gasteiger charge is -1.84. The smallest absolute Gasteiger partial charge is 0.358 e. The fraction of sp³-hybridized carbons (Fsp3) is 0. The molecule has 0 aliphatic carbocycles. The molecule has 0 aliphatic rings. The summed E-state index contributed by atoms with van der Waals surface area (Å²) in [6.07, 6.45) is 0. The Morgan fingerprint density at radius 3 is 2.71 bits per heavy atom. The zero-order valence-electron chi connectivity index (χ0n) is 6.73. The standard InChI is InChI=1S/C8H4BrNO4/c9-7-2-1-5(13-7)6-3-4(8(11)12)10-14-6/h1-3H,(H,11,12). The minimum atomic E-state index is -1.13. The minimum Gasteiger partial charge on any atom is -0.476 e. The highest BCUT2D eigenvalue weighted by Crippen LogP contribution is 2.25. The Hall–Kier alpha value is -1.56. The van der Waals surface area contributed by atoms with Crippen molar-refractivity contribution in [2.45, 2.75) is 0 Å². The Bertz CT molecular complexity index is 473. The van der Waals surface area contributed by atoms with Crippen LogP contribution in [0.5, 0.6) is 0 Å². The summed E-state index contributed by atoms with van der Waals surface area (Å²) in [7, 11) is 0. The van der Waals surface area contributed by atoms with Crippen molar-refractivity contribution < 1.29 is 18.8 Å². The molecule has 0 aromatic carbocycles. The number of furan rings is 1. The molecule has 0 bridgehead atoms. The van der Waals surface area contributed by atoms with E-state index in [1.165, 1.54) is 6.07 Å². The van der Waals surface area contributed by atoms with E-state index in [-0.39, 0.29) is 11.5 Å². The van der Waals surface area contributed by atoms with Gasteiger partial charge < -0.3 is 14.0 Å². The summed E-state index contributed by atoms with van der Waals surface area (Å²) in [6, 6.07) is 4.63. The van der Waals surface area contributed by atoms with Crippen molar-refractivity contribution in [3.8, 4) is 11.5 Å². The van der Waals surface area contributed by atoms with Crippen molar-refractivity contribution in [3.63, 3.8) is 0 Å². The number of halogens is 1. The molecule has 0 saturated heterocycles. The van der Waals surface area contributed by atoms with Crippen LogP contribution < -0.4 is 0 Å². The Kier molecular flexibility index (Phi) is 2.12. The topological polar surface area (TPSA) is 76.5 Å². The first-order valence-electron chi connectivity index (χ1n) is 3.62. The van der Waals surface area contributed by atoms with E-state index in [1.54, 1.807) is 12.1 Å². The molecule has 1 N–H and O–H groups in total. The highest BCUT2D eigenvalue weighted by Gasteiger charge is 2.14. The van der Waals surface area contributed by atoms with E-state index in [2.05, 4.69) is 21.1 Å². The van der Waals surface area contributed by atoms with E-state index in [4.69, 9.17) is 14.0 Å². The fourth-order valence-electron chi connectivity index (χ4n) is 0.939. The molecule has 14 heavy (non-hydrogen) atoms. The average molecular weight is 258 g/mol. The quantitative estimate of drug-likeness (QED) is 0.894. The van der Waals surface area contributed by atoms with Gasteiger partial charge in [0.15, 0.2) is 16.1 Å². The Morgan fingerprint density at radius 1 is 1.43 bits per heavy atom. The number of aromatic nitrogens is 1. The van der Waals surface area contributed by atoms with Crippen LogP contribution in [0.1, 0.15) is 10.5 Å². The monoisotopic (exact) mass is 257 g/mol. The molecule has 2 rings (SSSR count). The van der Waals surface area contributed by atoms with Crippen LogP contribution >= 0.6 is 15.9 Å². The summed E-state index contributed by atoms with van der Waals surface area (Å²) in [5, 5.41) is 11.9. The van der Waals surface area contributed by atoms with Crippen molar-refractivity contribution in [2.24, 2.45) is 0 Å². The molecule has 2 heterocycles. The lowest BCUT2D eigenvalue weighted by Crippen LogP contribution is -1.94. The van der Waals surface area contributed by atoms with Crippen LogP contribution in [0.25, 0.3) is 11.5 Å². The van der Waals surface area contributed by atoms with Gasteiger partial charge in [-0.15, -0.1) is 0 Å². The number of aromatic carboxylic acids is 1. The molecule has 0 unspecified atom stereocenters. The molecule has 0 spiro atoms. The van der Waals surface area contributed by atoms with Gasteiger partial charge in [-0.1, -0.05) is 5.16 Å². The zero-order chi connectivity index (χ0) is 10.1. The van der Waals surface area contributed by atoms with E-state index in [0.29, 0.717) is 10.4 Å². The second kappa shape index (κ2) is 3.30. The number of carboxylic acids is 1. The van der Waals surface area contributed by atoms with E-state index in [0.717, 1.165) is 0 Å². The molecule has 72 valence electrons. The van der Waals surface area contributed by atoms with Crippen LogP contribution in [0.15, 0.2) is 31.8 Å². The van der Waals surface area contributed by atoms with Gasteiger partial charge in [-0.3, -0.25) is 0 Å². The maximum absolute atomic E-state index is 10.5. The Labute approximate surface area is 86.4 Å². The van der Waals surface area contributed by atoms with Crippen LogP contribution in [0, 0.1) is 0 Å². The highest BCUT2D eigenvalue weighted by atomic mass is 79.9. The summed E-state index contributed by atoms with van der Waals surface area (Å²) in [4.78, 5) is 10.5. The minimum absolute atomic E-state index is 0.146. The van der Waals surface area contributed by atoms with Crippen LogP contribution in [-0.2, 0) is 0 Å². The van der Waals surface area contributed by atoms with Crippen molar-refractivity contribution in [1.82, 2.24) is 5.16 Å². The first-order chi connectivity index (χ1) is 6.66. The van der Waals surface area contributed by atoms with Crippen molar-refractivity contribution >= 4 is 21.9 Å². The third kappa shape index (κ3) is 1.56. The Balaban J connectivity index is 2.38. The lowest BCUT2D eigenvalue weighted by atomic mass is 10.3. The summed E-state index contributed by atoms with van der Waals surface area (Å²) in [5.41, 5.74) is -0.146. The van der Waals surface area contributed by atoms with E-state index in [1.807, 2.05) is 0 Å². The summed E-state index contributed by atoms with van der Waals surface area (Å²) in [6.45, 7) is 0. The number of carboxylic acid groups (broad SMARTS) is 1. The molecule has 2 aromatic heterocycles. The lowest BCUT2D eigenvalue weighted by molar-refractivity contribution is 0.0686. The van der Waals surface area contributed by atoms with E-state index >= 15 is 0 Å². The van der Waals surface area contributed by atoms with Crippen molar-refractivity contribution in [3.05, 3.63) is 28.6 Å². The first kappa shape index (κ1) is 9.01. The molecule has 0 saturated carbocycles. The van der Waals surface area contributed by atoms with Crippen LogP contribution in [0.2, 0.25) is 0 Å². The summed E-state index contributed by atoms with van der Waals surface area (Å²) in [5.74, 6) is -0.421. The van der Waals surface area contributed by atoms with Crippen LogP contribution in [0.4, 0.5) is 0 Å². The number of hydrogen-bond donors (Lipinski definition) is 1. The van der Waals surface area contributed by atoms with Gasteiger partial charge in [0.05, 0.1) is 0 Å². The molecule has 0 aliphatic heterocycles. The second-order valence-corrected chi connectivity index (χ2v) is 3.27. The van der Waals surface area contributed by atoms with Crippen molar-refractivity contribution in [1.29, 1.82) is 0 Å². The van der Waals surface area contributed by atoms with Crippen LogP contribution in [-0.4, -0.2) is 16.2 Å². The largest absolute Gasteiger partial charge is 0.476 e. The molecule has 0 radical (unpaired) electrons.